The second-order valence-corrected chi connectivity index (χ2v) is 5.21. The average Bonchev–Trinajstić information content (AvgIpc) is 2.31. The van der Waals surface area contributed by atoms with Crippen molar-refractivity contribution in [2.75, 3.05) is 5.32 Å². The number of aromatic nitrogens is 1. The van der Waals surface area contributed by atoms with Gasteiger partial charge in [0.1, 0.15) is 0 Å². The van der Waals surface area contributed by atoms with Crippen LogP contribution in [0, 0.1) is 13.8 Å². The maximum Gasteiger partial charge on any atom is 0.255 e. The molecule has 19 heavy (non-hydrogen) atoms. The highest BCUT2D eigenvalue weighted by atomic mass is 79.9. The minimum Gasteiger partial charge on any atom is -0.326 e. The first kappa shape index (κ1) is 13.5. The summed E-state index contributed by atoms with van der Waals surface area (Å²) in [4.78, 5) is 26.0. The van der Waals surface area contributed by atoms with Gasteiger partial charge in [-0.1, -0.05) is 6.07 Å². The first-order chi connectivity index (χ1) is 8.95. The molecule has 2 aromatic rings. The topological polar surface area (TPSA) is 62.0 Å². The van der Waals surface area contributed by atoms with Crippen LogP contribution in [-0.2, 0) is 0 Å². The van der Waals surface area contributed by atoms with E-state index in [-0.39, 0.29) is 11.5 Å². The van der Waals surface area contributed by atoms with E-state index in [9.17, 15) is 9.59 Å². The molecule has 0 unspecified atom stereocenters. The highest BCUT2D eigenvalue weighted by Crippen LogP contribution is 2.23. The average molecular weight is 321 g/mol. The number of carbonyl (C=O) groups excluding carboxylic acids is 1. The van der Waals surface area contributed by atoms with Crippen molar-refractivity contribution in [1.82, 2.24) is 4.98 Å². The summed E-state index contributed by atoms with van der Waals surface area (Å²) in [5.41, 5.74) is 2.48. The molecule has 2 N–H and O–H groups in total. The van der Waals surface area contributed by atoms with Crippen molar-refractivity contribution >= 4 is 27.5 Å². The highest BCUT2D eigenvalue weighted by Gasteiger charge is 2.09. The Morgan fingerprint density at radius 1 is 1.21 bits per heavy atom. The van der Waals surface area contributed by atoms with Gasteiger partial charge in [0.15, 0.2) is 0 Å². The molecule has 0 bridgehead atoms. The van der Waals surface area contributed by atoms with E-state index in [1.165, 1.54) is 6.07 Å². The van der Waals surface area contributed by atoms with Gasteiger partial charge in [0, 0.05) is 21.8 Å². The van der Waals surface area contributed by atoms with E-state index in [1.807, 2.05) is 25.1 Å². The predicted octanol–water partition coefficient (Wildman–Crippen LogP) is 3.01. The molecule has 0 aliphatic heterocycles. The fraction of sp³-hybridized carbons (Fsp3) is 0.143. The molecular formula is C14H13BrN2O2. The number of H-pyrrole nitrogens is 1. The van der Waals surface area contributed by atoms with Crippen LogP contribution >= 0.6 is 15.9 Å². The Morgan fingerprint density at radius 2 is 1.95 bits per heavy atom. The Bertz CT molecular complexity index is 692. The molecule has 2 rings (SSSR count). The minimum absolute atomic E-state index is 0.284. The molecule has 5 heteroatoms. The minimum atomic E-state index is -0.307. The molecule has 1 amide bonds. The zero-order valence-corrected chi connectivity index (χ0v) is 12.2. The quantitative estimate of drug-likeness (QED) is 0.893. The first-order valence-corrected chi connectivity index (χ1v) is 6.53. The molecule has 0 saturated heterocycles. The number of aryl methyl sites for hydroxylation is 2. The van der Waals surface area contributed by atoms with Crippen molar-refractivity contribution in [3.05, 3.63) is 62.0 Å². The van der Waals surface area contributed by atoms with Crippen molar-refractivity contribution in [2.24, 2.45) is 0 Å². The van der Waals surface area contributed by atoms with Crippen molar-refractivity contribution in [2.45, 2.75) is 13.8 Å². The van der Waals surface area contributed by atoms with Gasteiger partial charge in [-0.15, -0.1) is 0 Å². The summed E-state index contributed by atoms with van der Waals surface area (Å²) in [5, 5.41) is 2.77. The molecule has 0 radical (unpaired) electrons. The standard InChI is InChI=1S/C14H13BrN2O2/c1-8-3-4-12(11(15)5-8)17-14(19)10-6-9(2)16-13(18)7-10/h3-7H,1-2H3,(H,16,18)(H,17,19). The van der Waals surface area contributed by atoms with E-state index >= 15 is 0 Å². The molecule has 0 atom stereocenters. The molecule has 0 aliphatic rings. The lowest BCUT2D eigenvalue weighted by atomic mass is 10.2. The van der Waals surface area contributed by atoms with E-state index in [2.05, 4.69) is 26.2 Å². The lowest BCUT2D eigenvalue weighted by Crippen LogP contribution is -2.17. The maximum absolute atomic E-state index is 12.1. The lowest BCUT2D eigenvalue weighted by molar-refractivity contribution is 0.102. The Balaban J connectivity index is 2.28. The summed E-state index contributed by atoms with van der Waals surface area (Å²) >= 11 is 3.39. The number of hydrogen-bond acceptors (Lipinski definition) is 2. The normalized spacial score (nSPS) is 10.3. The number of amides is 1. The van der Waals surface area contributed by atoms with E-state index < -0.39 is 0 Å². The van der Waals surface area contributed by atoms with E-state index in [4.69, 9.17) is 0 Å². The number of hydrogen-bond donors (Lipinski definition) is 2. The number of rotatable bonds is 2. The van der Waals surface area contributed by atoms with Crippen LogP contribution in [-0.4, -0.2) is 10.9 Å². The van der Waals surface area contributed by atoms with Crippen LogP contribution in [0.15, 0.2) is 39.6 Å². The summed E-state index contributed by atoms with van der Waals surface area (Å²) in [5.74, 6) is -0.307. The summed E-state index contributed by atoms with van der Waals surface area (Å²) < 4.78 is 0.808. The van der Waals surface area contributed by atoms with Crippen molar-refractivity contribution in [1.29, 1.82) is 0 Å². The van der Waals surface area contributed by atoms with Gasteiger partial charge in [0.2, 0.25) is 5.56 Å². The van der Waals surface area contributed by atoms with Gasteiger partial charge in [-0.3, -0.25) is 9.59 Å². The van der Waals surface area contributed by atoms with Crippen LogP contribution in [0.3, 0.4) is 0 Å². The Kier molecular flexibility index (Phi) is 3.85. The van der Waals surface area contributed by atoms with E-state index in [1.54, 1.807) is 13.0 Å². The molecule has 4 nitrogen and oxygen atoms in total. The molecule has 0 saturated carbocycles. The number of pyridine rings is 1. The predicted molar refractivity (Wildman–Crippen MR) is 78.6 cm³/mol. The molecular weight excluding hydrogens is 308 g/mol. The van der Waals surface area contributed by atoms with Crippen molar-refractivity contribution < 1.29 is 4.79 Å². The first-order valence-electron chi connectivity index (χ1n) is 5.74. The SMILES string of the molecule is Cc1ccc(NC(=O)c2cc(C)[nH]c(=O)c2)c(Br)c1. The fourth-order valence-electron chi connectivity index (χ4n) is 1.73. The van der Waals surface area contributed by atoms with Crippen molar-refractivity contribution in [3.8, 4) is 0 Å². The van der Waals surface area contributed by atoms with Gasteiger partial charge in [-0.05, 0) is 53.5 Å². The Labute approximate surface area is 119 Å². The number of carbonyl (C=O) groups is 1. The fourth-order valence-corrected chi connectivity index (χ4v) is 2.32. The van der Waals surface area contributed by atoms with Gasteiger partial charge in [-0.25, -0.2) is 0 Å². The summed E-state index contributed by atoms with van der Waals surface area (Å²) in [7, 11) is 0. The molecule has 0 spiro atoms. The number of halogens is 1. The van der Waals surface area contributed by atoms with Gasteiger partial charge in [0.05, 0.1) is 5.69 Å². The van der Waals surface area contributed by atoms with Gasteiger partial charge < -0.3 is 10.3 Å². The number of aromatic amines is 1. The van der Waals surface area contributed by atoms with Crippen LogP contribution < -0.4 is 10.9 Å². The molecule has 1 aromatic carbocycles. The second kappa shape index (κ2) is 5.40. The summed E-state index contributed by atoms with van der Waals surface area (Å²) in [6.45, 7) is 3.70. The largest absolute Gasteiger partial charge is 0.326 e. The van der Waals surface area contributed by atoms with Crippen LogP contribution in [0.2, 0.25) is 0 Å². The third-order valence-corrected chi connectivity index (χ3v) is 3.27. The number of nitrogens with one attached hydrogen (secondary N) is 2. The van der Waals surface area contributed by atoms with E-state index in [0.29, 0.717) is 16.9 Å². The molecule has 1 heterocycles. The van der Waals surface area contributed by atoms with Gasteiger partial charge in [-0.2, -0.15) is 0 Å². The lowest BCUT2D eigenvalue weighted by Gasteiger charge is -2.08. The van der Waals surface area contributed by atoms with Gasteiger partial charge >= 0.3 is 0 Å². The third kappa shape index (κ3) is 3.32. The second-order valence-electron chi connectivity index (χ2n) is 4.35. The third-order valence-electron chi connectivity index (χ3n) is 2.61. The number of benzene rings is 1. The van der Waals surface area contributed by atoms with Crippen LogP contribution in [0.1, 0.15) is 21.6 Å². The van der Waals surface area contributed by atoms with Crippen LogP contribution in [0.5, 0.6) is 0 Å². The van der Waals surface area contributed by atoms with Crippen molar-refractivity contribution in [3.63, 3.8) is 0 Å². The summed E-state index contributed by atoms with van der Waals surface area (Å²) in [6.07, 6.45) is 0. The number of anilines is 1. The zero-order valence-electron chi connectivity index (χ0n) is 10.6. The summed E-state index contributed by atoms with van der Waals surface area (Å²) in [6, 6.07) is 8.56. The molecule has 0 fully saturated rings. The monoisotopic (exact) mass is 320 g/mol. The molecule has 1 aromatic heterocycles. The van der Waals surface area contributed by atoms with E-state index in [0.717, 1.165) is 10.0 Å². The van der Waals surface area contributed by atoms with Gasteiger partial charge in [0.25, 0.3) is 5.91 Å². The zero-order chi connectivity index (χ0) is 14.0. The van der Waals surface area contributed by atoms with Crippen LogP contribution in [0.4, 0.5) is 5.69 Å². The Morgan fingerprint density at radius 3 is 2.58 bits per heavy atom. The van der Waals surface area contributed by atoms with Crippen LogP contribution in [0.25, 0.3) is 0 Å². The molecule has 0 aliphatic carbocycles. The maximum atomic E-state index is 12.1. The smallest absolute Gasteiger partial charge is 0.255 e. The Hall–Kier alpha value is -1.88. The highest BCUT2D eigenvalue weighted by molar-refractivity contribution is 9.10. The molecule has 98 valence electrons.